The minimum absolute atomic E-state index is 0.130. The molecule has 1 N–H and O–H groups in total. The maximum absolute atomic E-state index is 8.60. The molecular formula is C15H11BrO2. The van der Waals surface area contributed by atoms with E-state index in [0.29, 0.717) is 0 Å². The average molecular weight is 303 g/mol. The molecule has 2 aromatic carbocycles. The van der Waals surface area contributed by atoms with E-state index < -0.39 is 0 Å². The molecule has 0 heterocycles. The number of hydrogen-bond acceptors (Lipinski definition) is 2. The summed E-state index contributed by atoms with van der Waals surface area (Å²) in [7, 11) is 0. The van der Waals surface area contributed by atoms with Crippen LogP contribution in [0.2, 0.25) is 0 Å². The molecule has 0 aliphatic rings. The van der Waals surface area contributed by atoms with Crippen molar-refractivity contribution in [3.05, 3.63) is 58.6 Å². The smallest absolute Gasteiger partial charge is 0.141 e. The van der Waals surface area contributed by atoms with Gasteiger partial charge in [0.25, 0.3) is 0 Å². The van der Waals surface area contributed by atoms with Crippen molar-refractivity contribution >= 4 is 15.9 Å². The Morgan fingerprint density at radius 2 is 1.78 bits per heavy atom. The topological polar surface area (TPSA) is 29.5 Å². The van der Waals surface area contributed by atoms with Crippen LogP contribution in [0, 0.1) is 11.8 Å². The third kappa shape index (κ3) is 3.36. The molecule has 0 aliphatic heterocycles. The zero-order valence-electron chi connectivity index (χ0n) is 9.56. The number of halogens is 1. The second-order valence-corrected chi connectivity index (χ2v) is 4.37. The molecule has 2 aromatic rings. The third-order valence-corrected chi connectivity index (χ3v) is 2.89. The van der Waals surface area contributed by atoms with Gasteiger partial charge < -0.3 is 9.84 Å². The summed E-state index contributed by atoms with van der Waals surface area (Å²) >= 11 is 3.43. The standard InChI is InChI=1S/C15H11BrO2/c16-14-5-1-2-6-15(14)18-13-9-7-12(8-10-13)4-3-11-17/h1-2,5-10,17H,11H2. The van der Waals surface area contributed by atoms with Crippen LogP contribution in [0.1, 0.15) is 5.56 Å². The van der Waals surface area contributed by atoms with E-state index >= 15 is 0 Å². The van der Waals surface area contributed by atoms with Crippen LogP contribution in [0.15, 0.2) is 53.0 Å². The van der Waals surface area contributed by atoms with Crippen LogP contribution < -0.4 is 4.74 Å². The first-order chi connectivity index (χ1) is 8.79. The van der Waals surface area contributed by atoms with Crippen LogP contribution in [0.25, 0.3) is 0 Å². The van der Waals surface area contributed by atoms with Crippen LogP contribution in [-0.4, -0.2) is 11.7 Å². The summed E-state index contributed by atoms with van der Waals surface area (Å²) in [6.45, 7) is -0.130. The molecule has 90 valence electrons. The first-order valence-corrected chi connectivity index (χ1v) is 6.21. The number of rotatable bonds is 2. The maximum atomic E-state index is 8.60. The molecule has 0 fully saturated rings. The van der Waals surface area contributed by atoms with Gasteiger partial charge in [-0.25, -0.2) is 0 Å². The molecule has 0 bridgehead atoms. The molecule has 0 atom stereocenters. The van der Waals surface area contributed by atoms with E-state index in [1.165, 1.54) is 0 Å². The Hall–Kier alpha value is -1.76. The normalized spacial score (nSPS) is 9.44. The molecule has 2 rings (SSSR count). The van der Waals surface area contributed by atoms with Gasteiger partial charge in [-0.3, -0.25) is 0 Å². The minimum Gasteiger partial charge on any atom is -0.456 e. The van der Waals surface area contributed by atoms with Crippen LogP contribution in [0.3, 0.4) is 0 Å². The largest absolute Gasteiger partial charge is 0.456 e. The van der Waals surface area contributed by atoms with Gasteiger partial charge in [-0.05, 0) is 52.3 Å². The van der Waals surface area contributed by atoms with Crippen molar-refractivity contribution in [2.24, 2.45) is 0 Å². The van der Waals surface area contributed by atoms with Crippen molar-refractivity contribution in [3.63, 3.8) is 0 Å². The highest BCUT2D eigenvalue weighted by Crippen LogP contribution is 2.29. The first-order valence-electron chi connectivity index (χ1n) is 5.42. The molecule has 0 radical (unpaired) electrons. The van der Waals surface area contributed by atoms with Gasteiger partial charge in [-0.2, -0.15) is 0 Å². The summed E-state index contributed by atoms with van der Waals surface area (Å²) < 4.78 is 6.64. The van der Waals surface area contributed by atoms with Crippen LogP contribution in [0.4, 0.5) is 0 Å². The Bertz CT molecular complexity index is 579. The highest BCUT2D eigenvalue weighted by atomic mass is 79.9. The molecule has 0 spiro atoms. The Morgan fingerprint density at radius 1 is 1.06 bits per heavy atom. The summed E-state index contributed by atoms with van der Waals surface area (Å²) in [6.07, 6.45) is 0. The predicted octanol–water partition coefficient (Wildman–Crippen LogP) is 3.59. The van der Waals surface area contributed by atoms with Gasteiger partial charge >= 0.3 is 0 Å². The molecule has 0 saturated carbocycles. The van der Waals surface area contributed by atoms with Crippen LogP contribution >= 0.6 is 15.9 Å². The van der Waals surface area contributed by atoms with Gasteiger partial charge in [0.05, 0.1) is 4.47 Å². The molecule has 18 heavy (non-hydrogen) atoms. The van der Waals surface area contributed by atoms with Gasteiger partial charge in [-0.1, -0.05) is 24.0 Å². The molecule has 0 aliphatic carbocycles. The summed E-state index contributed by atoms with van der Waals surface area (Å²) in [5.74, 6) is 6.95. The zero-order valence-corrected chi connectivity index (χ0v) is 11.1. The number of aliphatic hydroxyl groups excluding tert-OH is 1. The van der Waals surface area contributed by atoms with Gasteiger partial charge in [0, 0.05) is 5.56 Å². The fourth-order valence-electron chi connectivity index (χ4n) is 1.40. The second kappa shape index (κ2) is 6.25. The van der Waals surface area contributed by atoms with Crippen molar-refractivity contribution < 1.29 is 9.84 Å². The lowest BCUT2D eigenvalue weighted by Crippen LogP contribution is -1.85. The van der Waals surface area contributed by atoms with Crippen molar-refractivity contribution in [2.45, 2.75) is 0 Å². The highest BCUT2D eigenvalue weighted by Gasteiger charge is 2.00. The SMILES string of the molecule is OCC#Cc1ccc(Oc2ccccc2Br)cc1. The lowest BCUT2D eigenvalue weighted by molar-refractivity contribution is 0.350. The second-order valence-electron chi connectivity index (χ2n) is 3.52. The van der Waals surface area contributed by atoms with Gasteiger partial charge in [-0.15, -0.1) is 0 Å². The first kappa shape index (κ1) is 12.7. The number of benzene rings is 2. The minimum atomic E-state index is -0.130. The number of aliphatic hydroxyl groups is 1. The molecular weight excluding hydrogens is 292 g/mol. The van der Waals surface area contributed by atoms with Crippen LogP contribution in [0.5, 0.6) is 11.5 Å². The fraction of sp³-hybridized carbons (Fsp3) is 0.0667. The maximum Gasteiger partial charge on any atom is 0.141 e. The molecule has 3 heteroatoms. The highest BCUT2D eigenvalue weighted by molar-refractivity contribution is 9.10. The lowest BCUT2D eigenvalue weighted by atomic mass is 10.2. The van der Waals surface area contributed by atoms with Gasteiger partial charge in [0.1, 0.15) is 18.1 Å². The molecule has 0 saturated heterocycles. The Labute approximate surface area is 114 Å². The van der Waals surface area contributed by atoms with E-state index in [4.69, 9.17) is 9.84 Å². The van der Waals surface area contributed by atoms with E-state index in [2.05, 4.69) is 27.8 Å². The summed E-state index contributed by atoms with van der Waals surface area (Å²) in [5.41, 5.74) is 0.850. The van der Waals surface area contributed by atoms with E-state index in [0.717, 1.165) is 21.5 Å². The van der Waals surface area contributed by atoms with Gasteiger partial charge in [0.2, 0.25) is 0 Å². The molecule has 0 aromatic heterocycles. The monoisotopic (exact) mass is 302 g/mol. The van der Waals surface area contributed by atoms with E-state index in [1.807, 2.05) is 48.5 Å². The van der Waals surface area contributed by atoms with E-state index in [-0.39, 0.29) is 6.61 Å². The molecule has 0 amide bonds. The number of ether oxygens (including phenoxy) is 1. The molecule has 2 nitrogen and oxygen atoms in total. The predicted molar refractivity (Wildman–Crippen MR) is 74.6 cm³/mol. The lowest BCUT2D eigenvalue weighted by Gasteiger charge is -2.07. The number of hydrogen-bond donors (Lipinski definition) is 1. The Balaban J connectivity index is 2.14. The van der Waals surface area contributed by atoms with Crippen molar-refractivity contribution in [3.8, 4) is 23.3 Å². The fourth-order valence-corrected chi connectivity index (χ4v) is 1.77. The quantitative estimate of drug-likeness (QED) is 0.859. The Kier molecular flexibility index (Phi) is 4.40. The summed E-state index contributed by atoms with van der Waals surface area (Å²) in [6, 6.07) is 15.1. The average Bonchev–Trinajstić information content (AvgIpc) is 2.41. The third-order valence-electron chi connectivity index (χ3n) is 2.23. The zero-order chi connectivity index (χ0) is 12.8. The van der Waals surface area contributed by atoms with Crippen LogP contribution in [-0.2, 0) is 0 Å². The molecule has 0 unspecified atom stereocenters. The van der Waals surface area contributed by atoms with Gasteiger partial charge in [0.15, 0.2) is 0 Å². The Morgan fingerprint density at radius 3 is 2.44 bits per heavy atom. The van der Waals surface area contributed by atoms with Crippen molar-refractivity contribution in [1.82, 2.24) is 0 Å². The van der Waals surface area contributed by atoms with E-state index in [1.54, 1.807) is 0 Å². The van der Waals surface area contributed by atoms with Crippen molar-refractivity contribution in [2.75, 3.05) is 6.61 Å². The summed E-state index contributed by atoms with van der Waals surface area (Å²) in [5, 5.41) is 8.60. The summed E-state index contributed by atoms with van der Waals surface area (Å²) in [4.78, 5) is 0. The number of para-hydroxylation sites is 1. The van der Waals surface area contributed by atoms with Crippen molar-refractivity contribution in [1.29, 1.82) is 0 Å². The van der Waals surface area contributed by atoms with E-state index in [9.17, 15) is 0 Å².